The molecule has 1 aliphatic carbocycles. The molecule has 0 radical (unpaired) electrons. The van der Waals surface area contributed by atoms with E-state index in [0.717, 1.165) is 24.1 Å². The number of aromatic nitrogens is 3. The molecule has 0 unspecified atom stereocenters. The SMILES string of the molecule is CC(C)Cn1c(=O)[nH]c(=O)c2c(C(=O)NCc3cccc(NC(=O)CN(C)C)c3)cc(C3CC3)nc21. The van der Waals surface area contributed by atoms with E-state index in [2.05, 4.69) is 20.6 Å². The molecule has 36 heavy (non-hydrogen) atoms. The molecule has 10 heteroatoms. The Labute approximate surface area is 208 Å². The summed E-state index contributed by atoms with van der Waals surface area (Å²) in [6, 6.07) is 8.89. The lowest BCUT2D eigenvalue weighted by atomic mass is 10.1. The van der Waals surface area contributed by atoms with Crippen LogP contribution in [0.15, 0.2) is 39.9 Å². The number of benzene rings is 1. The van der Waals surface area contributed by atoms with Gasteiger partial charge in [-0.25, -0.2) is 9.78 Å². The number of carbonyl (C=O) groups is 2. The highest BCUT2D eigenvalue weighted by Gasteiger charge is 2.28. The molecule has 2 amide bonds. The van der Waals surface area contributed by atoms with Gasteiger partial charge in [0.1, 0.15) is 0 Å². The Hall–Kier alpha value is -3.79. The summed E-state index contributed by atoms with van der Waals surface area (Å²) in [5.41, 5.74) is 1.45. The summed E-state index contributed by atoms with van der Waals surface area (Å²) >= 11 is 0. The zero-order chi connectivity index (χ0) is 26.0. The highest BCUT2D eigenvalue weighted by Crippen LogP contribution is 2.39. The first-order valence-corrected chi connectivity index (χ1v) is 12.1. The van der Waals surface area contributed by atoms with Crippen molar-refractivity contribution < 1.29 is 9.59 Å². The Balaban J connectivity index is 1.63. The van der Waals surface area contributed by atoms with Crippen LogP contribution >= 0.6 is 0 Å². The highest BCUT2D eigenvalue weighted by atomic mass is 16.2. The van der Waals surface area contributed by atoms with Gasteiger partial charge >= 0.3 is 5.69 Å². The summed E-state index contributed by atoms with van der Waals surface area (Å²) < 4.78 is 1.45. The van der Waals surface area contributed by atoms with Gasteiger partial charge in [-0.1, -0.05) is 26.0 Å². The van der Waals surface area contributed by atoms with E-state index in [1.165, 1.54) is 4.57 Å². The fourth-order valence-electron chi connectivity index (χ4n) is 4.12. The molecule has 3 aromatic rings. The normalized spacial score (nSPS) is 13.4. The molecule has 0 aliphatic heterocycles. The van der Waals surface area contributed by atoms with Gasteiger partial charge in [0, 0.05) is 30.4 Å². The minimum absolute atomic E-state index is 0.113. The average Bonchev–Trinajstić information content (AvgIpc) is 3.64. The second-order valence-electron chi connectivity index (χ2n) is 10.0. The smallest absolute Gasteiger partial charge is 0.330 e. The molecule has 1 aliphatic rings. The van der Waals surface area contributed by atoms with Gasteiger partial charge in [0.05, 0.1) is 17.5 Å². The van der Waals surface area contributed by atoms with Gasteiger partial charge in [-0.05, 0) is 56.6 Å². The lowest BCUT2D eigenvalue weighted by Crippen LogP contribution is -2.34. The predicted molar refractivity (Wildman–Crippen MR) is 138 cm³/mol. The summed E-state index contributed by atoms with van der Waals surface area (Å²) in [7, 11) is 3.63. The van der Waals surface area contributed by atoms with Gasteiger partial charge in [0.15, 0.2) is 5.65 Å². The van der Waals surface area contributed by atoms with E-state index < -0.39 is 17.2 Å². The Bertz CT molecular complexity index is 1420. The molecule has 0 atom stereocenters. The maximum absolute atomic E-state index is 13.3. The third-order valence-corrected chi connectivity index (χ3v) is 5.88. The first-order chi connectivity index (χ1) is 17.1. The number of carbonyl (C=O) groups excluding carboxylic acids is 2. The number of H-pyrrole nitrogens is 1. The number of amides is 2. The fraction of sp³-hybridized carbons (Fsp3) is 0.423. The van der Waals surface area contributed by atoms with Crippen molar-refractivity contribution in [2.75, 3.05) is 26.0 Å². The third-order valence-electron chi connectivity index (χ3n) is 5.88. The maximum Gasteiger partial charge on any atom is 0.330 e. The van der Waals surface area contributed by atoms with Crippen molar-refractivity contribution in [2.24, 2.45) is 5.92 Å². The van der Waals surface area contributed by atoms with Gasteiger partial charge in [0.2, 0.25) is 5.91 Å². The molecular weight excluding hydrogens is 460 g/mol. The van der Waals surface area contributed by atoms with Gasteiger partial charge in [-0.2, -0.15) is 0 Å². The van der Waals surface area contributed by atoms with Gasteiger partial charge in [-0.15, -0.1) is 0 Å². The van der Waals surface area contributed by atoms with Gasteiger partial charge in [-0.3, -0.25) is 23.9 Å². The molecule has 1 fully saturated rings. The van der Waals surface area contributed by atoms with Crippen LogP contribution < -0.4 is 21.9 Å². The quantitative estimate of drug-likeness (QED) is 0.419. The van der Waals surface area contributed by atoms with Crippen molar-refractivity contribution in [3.8, 4) is 0 Å². The first kappa shape index (κ1) is 25.3. The standard InChI is InChI=1S/C26H32N6O4/c1-15(2)13-32-23-22(25(35)30-26(32)36)19(11-20(29-23)17-8-9-17)24(34)27-12-16-6-5-7-18(10-16)28-21(33)14-31(3)4/h5-7,10-11,15,17H,8-9,12-14H2,1-4H3,(H,27,34)(H,28,33)(H,30,35,36). The minimum Gasteiger partial charge on any atom is -0.348 e. The Morgan fingerprint density at radius 3 is 2.61 bits per heavy atom. The van der Waals surface area contributed by atoms with E-state index in [1.807, 2.05) is 34.0 Å². The second kappa shape index (κ2) is 10.4. The molecular formula is C26H32N6O4. The molecule has 0 saturated heterocycles. The number of hydrogen-bond donors (Lipinski definition) is 3. The Morgan fingerprint density at radius 2 is 1.94 bits per heavy atom. The van der Waals surface area contributed by atoms with Gasteiger partial charge < -0.3 is 15.5 Å². The molecule has 4 rings (SSSR count). The van der Waals surface area contributed by atoms with Crippen LogP contribution in [0, 0.1) is 5.92 Å². The number of hydrogen-bond acceptors (Lipinski definition) is 6. The number of likely N-dealkylation sites (N-methyl/N-ethyl adjacent to an activating group) is 1. The highest BCUT2D eigenvalue weighted by molar-refractivity contribution is 6.05. The molecule has 0 bridgehead atoms. The summed E-state index contributed by atoms with van der Waals surface area (Å²) in [5, 5.41) is 5.83. The number of rotatable bonds is 9. The zero-order valence-electron chi connectivity index (χ0n) is 21.1. The molecule has 2 heterocycles. The molecule has 2 aromatic heterocycles. The van der Waals surface area contributed by atoms with Crippen LogP contribution in [0.25, 0.3) is 11.0 Å². The Morgan fingerprint density at radius 1 is 1.19 bits per heavy atom. The Kier molecular flexibility index (Phi) is 7.35. The van der Waals surface area contributed by atoms with Crippen molar-refractivity contribution in [3.63, 3.8) is 0 Å². The lowest BCUT2D eigenvalue weighted by Gasteiger charge is -2.15. The predicted octanol–water partition coefficient (Wildman–Crippen LogP) is 2.05. The van der Waals surface area contributed by atoms with Crippen LogP contribution in [-0.2, 0) is 17.9 Å². The van der Waals surface area contributed by atoms with E-state index in [-0.39, 0.29) is 47.4 Å². The monoisotopic (exact) mass is 492 g/mol. The summed E-state index contributed by atoms with van der Waals surface area (Å²) in [4.78, 5) is 59.6. The maximum atomic E-state index is 13.3. The number of fused-ring (bicyclic) bond motifs is 1. The van der Waals surface area contributed by atoms with Crippen LogP contribution in [0.4, 0.5) is 5.69 Å². The summed E-state index contributed by atoms with van der Waals surface area (Å²) in [6.45, 7) is 4.77. The third kappa shape index (κ3) is 5.88. The second-order valence-corrected chi connectivity index (χ2v) is 10.0. The van der Waals surface area contributed by atoms with Crippen molar-refractivity contribution in [3.05, 3.63) is 68.0 Å². The average molecular weight is 493 g/mol. The number of nitrogens with zero attached hydrogens (tertiary/aromatic N) is 3. The topological polar surface area (TPSA) is 129 Å². The molecule has 1 aromatic carbocycles. The largest absolute Gasteiger partial charge is 0.348 e. The van der Waals surface area contributed by atoms with Crippen molar-refractivity contribution in [1.29, 1.82) is 0 Å². The van der Waals surface area contributed by atoms with Crippen LogP contribution in [0.1, 0.15) is 54.2 Å². The van der Waals surface area contributed by atoms with E-state index in [4.69, 9.17) is 0 Å². The molecule has 190 valence electrons. The van der Waals surface area contributed by atoms with E-state index in [9.17, 15) is 19.2 Å². The van der Waals surface area contributed by atoms with Crippen molar-refractivity contribution in [1.82, 2.24) is 24.8 Å². The zero-order valence-corrected chi connectivity index (χ0v) is 21.1. The van der Waals surface area contributed by atoms with Crippen LogP contribution in [0.3, 0.4) is 0 Å². The molecule has 3 N–H and O–H groups in total. The van der Waals surface area contributed by atoms with E-state index >= 15 is 0 Å². The number of nitrogens with one attached hydrogen (secondary N) is 3. The van der Waals surface area contributed by atoms with Crippen LogP contribution in [0.2, 0.25) is 0 Å². The summed E-state index contributed by atoms with van der Waals surface area (Å²) in [5.74, 6) is -0.188. The van der Waals surface area contributed by atoms with E-state index in [1.54, 1.807) is 29.2 Å². The lowest BCUT2D eigenvalue weighted by molar-refractivity contribution is -0.116. The van der Waals surface area contributed by atoms with Crippen LogP contribution in [0.5, 0.6) is 0 Å². The molecule has 1 saturated carbocycles. The number of anilines is 1. The molecule has 0 spiro atoms. The van der Waals surface area contributed by atoms with Crippen molar-refractivity contribution in [2.45, 2.75) is 45.7 Å². The summed E-state index contributed by atoms with van der Waals surface area (Å²) in [6.07, 6.45) is 1.92. The first-order valence-electron chi connectivity index (χ1n) is 12.1. The number of aromatic amines is 1. The van der Waals surface area contributed by atoms with Crippen LogP contribution in [-0.4, -0.2) is 51.9 Å². The fourth-order valence-corrected chi connectivity index (χ4v) is 4.12. The minimum atomic E-state index is -0.624. The van der Waals surface area contributed by atoms with Crippen molar-refractivity contribution >= 4 is 28.5 Å². The van der Waals surface area contributed by atoms with E-state index in [0.29, 0.717) is 12.2 Å². The number of pyridine rings is 1. The van der Waals surface area contributed by atoms with Gasteiger partial charge in [0.25, 0.3) is 11.5 Å². The molecule has 10 nitrogen and oxygen atoms in total.